The van der Waals surface area contributed by atoms with E-state index >= 15 is 0 Å². The van der Waals surface area contributed by atoms with Gasteiger partial charge >= 0.3 is 0 Å². The van der Waals surface area contributed by atoms with Crippen molar-refractivity contribution in [2.24, 2.45) is 0 Å². The average Bonchev–Trinajstić information content (AvgIpc) is 2.35. The molecule has 118 valence electrons. The number of rotatable bonds is 5. The number of carbonyl (C=O) groups is 1. The van der Waals surface area contributed by atoms with Gasteiger partial charge in [0.25, 0.3) is 5.91 Å². The van der Waals surface area contributed by atoms with Gasteiger partial charge in [0.2, 0.25) is 10.0 Å². The average molecular weight is 314 g/mol. The van der Waals surface area contributed by atoms with Crippen molar-refractivity contribution in [3.63, 3.8) is 0 Å². The predicted molar refractivity (Wildman–Crippen MR) is 80.6 cm³/mol. The van der Waals surface area contributed by atoms with Gasteiger partial charge in [0.1, 0.15) is 0 Å². The van der Waals surface area contributed by atoms with Gasteiger partial charge in [-0.15, -0.1) is 0 Å². The topological polar surface area (TPSA) is 77.9 Å². The van der Waals surface area contributed by atoms with Crippen LogP contribution in [0.5, 0.6) is 0 Å². The fraction of sp³-hybridized carbons (Fsp3) is 0.500. The summed E-state index contributed by atoms with van der Waals surface area (Å²) in [6.45, 7) is 3.41. The molecule has 0 aliphatic carbocycles. The Hall–Kier alpha value is -1.44. The van der Waals surface area contributed by atoms with E-state index in [2.05, 4.69) is 0 Å². The minimum Gasteiger partial charge on any atom is -0.389 e. The van der Waals surface area contributed by atoms with Crippen molar-refractivity contribution in [2.75, 3.05) is 27.7 Å². The van der Waals surface area contributed by atoms with E-state index in [1.54, 1.807) is 20.9 Å². The van der Waals surface area contributed by atoms with E-state index in [0.717, 1.165) is 4.31 Å². The second-order valence-corrected chi connectivity index (χ2v) is 7.94. The van der Waals surface area contributed by atoms with E-state index in [9.17, 15) is 18.3 Å². The molecule has 0 aliphatic heterocycles. The Labute approximate surface area is 126 Å². The van der Waals surface area contributed by atoms with Crippen LogP contribution >= 0.6 is 0 Å². The highest BCUT2D eigenvalue weighted by Gasteiger charge is 2.21. The van der Waals surface area contributed by atoms with Crippen molar-refractivity contribution < 1.29 is 18.3 Å². The number of sulfonamides is 1. The molecule has 0 spiro atoms. The molecule has 7 heteroatoms. The molecular formula is C14H22N2O4S. The Morgan fingerprint density at radius 1 is 1.14 bits per heavy atom. The Morgan fingerprint density at radius 2 is 1.62 bits per heavy atom. The number of nitrogens with zero attached hydrogens (tertiary/aromatic N) is 2. The molecule has 1 aromatic carbocycles. The van der Waals surface area contributed by atoms with Crippen LogP contribution in [0.3, 0.4) is 0 Å². The van der Waals surface area contributed by atoms with Gasteiger partial charge in [-0.3, -0.25) is 4.79 Å². The molecule has 0 fully saturated rings. The van der Waals surface area contributed by atoms with Crippen LogP contribution in [0.1, 0.15) is 24.2 Å². The zero-order valence-corrected chi connectivity index (χ0v) is 13.8. The van der Waals surface area contributed by atoms with Gasteiger partial charge in [0.15, 0.2) is 0 Å². The van der Waals surface area contributed by atoms with Crippen molar-refractivity contribution >= 4 is 15.9 Å². The summed E-state index contributed by atoms with van der Waals surface area (Å²) in [7, 11) is 0.988. The lowest BCUT2D eigenvalue weighted by atomic mass is 10.1. The van der Waals surface area contributed by atoms with Gasteiger partial charge in [-0.05, 0) is 38.1 Å². The fourth-order valence-corrected chi connectivity index (χ4v) is 2.75. The second-order valence-electron chi connectivity index (χ2n) is 5.79. The zero-order chi connectivity index (χ0) is 16.4. The molecule has 0 aromatic heterocycles. The minimum absolute atomic E-state index is 0.134. The van der Waals surface area contributed by atoms with Crippen LogP contribution in [0.15, 0.2) is 29.2 Å². The molecule has 1 N–H and O–H groups in total. The standard InChI is InChI=1S/C14H22N2O4S/c1-14(2,18)10-16(5)13(17)11-6-8-12(9-7-11)21(19,20)15(3)4/h6-9,18H,10H2,1-5H3. The van der Waals surface area contributed by atoms with E-state index in [-0.39, 0.29) is 17.3 Å². The summed E-state index contributed by atoms with van der Waals surface area (Å²) in [5.41, 5.74) is -0.613. The third-order valence-corrected chi connectivity index (χ3v) is 4.68. The number of hydrogen-bond donors (Lipinski definition) is 1. The van der Waals surface area contributed by atoms with Crippen LogP contribution in [0.4, 0.5) is 0 Å². The molecule has 0 radical (unpaired) electrons. The zero-order valence-electron chi connectivity index (χ0n) is 13.0. The summed E-state index contributed by atoms with van der Waals surface area (Å²) >= 11 is 0. The minimum atomic E-state index is -3.50. The van der Waals surface area contributed by atoms with Crippen molar-refractivity contribution in [2.45, 2.75) is 24.3 Å². The van der Waals surface area contributed by atoms with Crippen LogP contribution in [0.25, 0.3) is 0 Å². The predicted octanol–water partition coefficient (Wildman–Crippen LogP) is 0.780. The summed E-state index contributed by atoms with van der Waals surface area (Å²) in [5.74, 6) is -0.272. The maximum atomic E-state index is 12.2. The molecule has 1 rings (SSSR count). The van der Waals surface area contributed by atoms with E-state index < -0.39 is 15.6 Å². The lowest BCUT2D eigenvalue weighted by Crippen LogP contribution is -2.39. The maximum Gasteiger partial charge on any atom is 0.253 e. The summed E-state index contributed by atoms with van der Waals surface area (Å²) in [5, 5.41) is 9.72. The summed E-state index contributed by atoms with van der Waals surface area (Å²) in [6.07, 6.45) is 0. The number of hydrogen-bond acceptors (Lipinski definition) is 4. The van der Waals surface area contributed by atoms with E-state index in [1.807, 2.05) is 0 Å². The summed E-state index contributed by atoms with van der Waals surface area (Å²) in [4.78, 5) is 13.7. The van der Waals surface area contributed by atoms with E-state index in [0.29, 0.717) is 5.56 Å². The lowest BCUT2D eigenvalue weighted by Gasteiger charge is -2.25. The number of benzene rings is 1. The first-order valence-electron chi connectivity index (χ1n) is 6.45. The molecule has 0 saturated heterocycles. The smallest absolute Gasteiger partial charge is 0.253 e. The largest absolute Gasteiger partial charge is 0.389 e. The third-order valence-electron chi connectivity index (χ3n) is 2.85. The number of amides is 1. The first-order chi connectivity index (χ1) is 9.45. The molecule has 1 aromatic rings. The van der Waals surface area contributed by atoms with Crippen molar-refractivity contribution in [1.29, 1.82) is 0 Å². The number of aliphatic hydroxyl groups is 1. The normalized spacial score (nSPS) is 12.5. The molecule has 0 bridgehead atoms. The van der Waals surface area contributed by atoms with Crippen LogP contribution in [0, 0.1) is 0 Å². The molecule has 0 heterocycles. The molecular weight excluding hydrogens is 292 g/mol. The highest BCUT2D eigenvalue weighted by molar-refractivity contribution is 7.89. The Bertz CT molecular complexity index is 601. The molecule has 0 saturated carbocycles. The molecule has 0 aliphatic rings. The van der Waals surface area contributed by atoms with Gasteiger partial charge in [0, 0.05) is 33.3 Å². The lowest BCUT2D eigenvalue weighted by molar-refractivity contribution is 0.0368. The summed E-state index contributed by atoms with van der Waals surface area (Å²) < 4.78 is 25.0. The first-order valence-corrected chi connectivity index (χ1v) is 7.89. The van der Waals surface area contributed by atoms with Gasteiger partial charge < -0.3 is 10.0 Å². The first kappa shape index (κ1) is 17.6. The highest BCUT2D eigenvalue weighted by Crippen LogP contribution is 2.15. The Balaban J connectivity index is 2.96. The number of likely N-dealkylation sites (N-methyl/N-ethyl adjacent to an activating group) is 1. The Kier molecular flexibility index (Phi) is 5.14. The van der Waals surface area contributed by atoms with Crippen LogP contribution < -0.4 is 0 Å². The highest BCUT2D eigenvalue weighted by atomic mass is 32.2. The quantitative estimate of drug-likeness (QED) is 0.871. The van der Waals surface area contributed by atoms with Crippen molar-refractivity contribution in [3.05, 3.63) is 29.8 Å². The van der Waals surface area contributed by atoms with Gasteiger partial charge in [-0.2, -0.15) is 0 Å². The van der Waals surface area contributed by atoms with Gasteiger partial charge in [-0.25, -0.2) is 12.7 Å². The van der Waals surface area contributed by atoms with Crippen LogP contribution in [-0.4, -0.2) is 61.9 Å². The molecule has 21 heavy (non-hydrogen) atoms. The monoisotopic (exact) mass is 314 g/mol. The SMILES string of the molecule is CN(CC(C)(C)O)C(=O)c1ccc(S(=O)(=O)N(C)C)cc1. The van der Waals surface area contributed by atoms with E-state index in [1.165, 1.54) is 43.3 Å². The van der Waals surface area contributed by atoms with Crippen molar-refractivity contribution in [1.82, 2.24) is 9.21 Å². The number of carbonyl (C=O) groups excluding carboxylic acids is 1. The Morgan fingerprint density at radius 3 is 2.00 bits per heavy atom. The fourth-order valence-electron chi connectivity index (χ4n) is 1.85. The maximum absolute atomic E-state index is 12.2. The molecule has 6 nitrogen and oxygen atoms in total. The van der Waals surface area contributed by atoms with Crippen molar-refractivity contribution in [3.8, 4) is 0 Å². The van der Waals surface area contributed by atoms with Crippen LogP contribution in [-0.2, 0) is 10.0 Å². The molecule has 0 unspecified atom stereocenters. The van der Waals surface area contributed by atoms with Gasteiger partial charge in [0.05, 0.1) is 10.5 Å². The molecule has 0 atom stereocenters. The third kappa shape index (κ3) is 4.52. The van der Waals surface area contributed by atoms with Crippen LogP contribution in [0.2, 0.25) is 0 Å². The molecule has 1 amide bonds. The van der Waals surface area contributed by atoms with E-state index in [4.69, 9.17) is 0 Å². The van der Waals surface area contributed by atoms with Gasteiger partial charge in [-0.1, -0.05) is 0 Å². The second kappa shape index (κ2) is 6.13. The summed E-state index contributed by atoms with van der Waals surface area (Å²) in [6, 6.07) is 5.75.